The molecule has 2 aliphatic heterocycles. The zero-order valence-corrected chi connectivity index (χ0v) is 26.2. The smallest absolute Gasteiger partial charge is 0.223 e. The van der Waals surface area contributed by atoms with E-state index in [1.165, 1.54) is 31.6 Å². The third-order valence-corrected chi connectivity index (χ3v) is 9.89. The molecule has 224 valence electrons. The van der Waals surface area contributed by atoms with Gasteiger partial charge in [0.05, 0.1) is 28.8 Å². The van der Waals surface area contributed by atoms with Crippen molar-refractivity contribution in [2.45, 2.75) is 38.3 Å². The SMILES string of the molecule is COc1cc(N2CCC(N3CCN(C)CC3)CC2)ccc1-c1nc2ncc(Br)c(NC3CC=CC(C)C3C(N)=O)c2[nH]1. The zero-order chi connectivity index (χ0) is 29.4. The number of hydrogen-bond donors (Lipinski definition) is 3. The average molecular weight is 638 g/mol. The van der Waals surface area contributed by atoms with E-state index in [-0.39, 0.29) is 23.8 Å². The number of aromatic amines is 1. The summed E-state index contributed by atoms with van der Waals surface area (Å²) in [6.07, 6.45) is 8.97. The van der Waals surface area contributed by atoms with Crippen molar-refractivity contribution in [3.05, 3.63) is 41.0 Å². The highest BCUT2D eigenvalue weighted by Gasteiger charge is 2.33. The van der Waals surface area contributed by atoms with Gasteiger partial charge in [-0.2, -0.15) is 0 Å². The Morgan fingerprint density at radius 3 is 2.64 bits per heavy atom. The second-order valence-electron chi connectivity index (χ2n) is 11.9. The summed E-state index contributed by atoms with van der Waals surface area (Å²) in [6.45, 7) is 8.78. The summed E-state index contributed by atoms with van der Waals surface area (Å²) in [7, 11) is 3.92. The van der Waals surface area contributed by atoms with E-state index in [4.69, 9.17) is 15.5 Å². The van der Waals surface area contributed by atoms with Crippen LogP contribution >= 0.6 is 15.9 Å². The Balaban J connectivity index is 1.22. The van der Waals surface area contributed by atoms with Crippen LogP contribution in [-0.4, -0.2) is 96.2 Å². The number of anilines is 2. The lowest BCUT2D eigenvalue weighted by molar-refractivity contribution is -0.123. The number of fused-ring (bicyclic) bond motifs is 1. The topological polar surface area (TPSA) is 116 Å². The number of nitrogens with two attached hydrogens (primary N) is 1. The van der Waals surface area contributed by atoms with E-state index in [1.54, 1.807) is 13.3 Å². The number of pyridine rings is 1. The number of benzene rings is 1. The zero-order valence-electron chi connectivity index (χ0n) is 24.6. The van der Waals surface area contributed by atoms with Gasteiger partial charge in [-0.15, -0.1) is 0 Å². The number of aromatic nitrogens is 3. The summed E-state index contributed by atoms with van der Waals surface area (Å²) in [5.41, 5.74) is 10.0. The lowest BCUT2D eigenvalue weighted by Crippen LogP contribution is -2.52. The van der Waals surface area contributed by atoms with Gasteiger partial charge in [-0.1, -0.05) is 19.1 Å². The molecule has 0 saturated carbocycles. The number of allylic oxidation sites excluding steroid dienone is 1. The van der Waals surface area contributed by atoms with Crippen LogP contribution in [0.15, 0.2) is 41.0 Å². The minimum atomic E-state index is -0.313. The summed E-state index contributed by atoms with van der Waals surface area (Å²) in [4.78, 5) is 32.7. The molecule has 11 heteroatoms. The molecule has 0 bridgehead atoms. The third kappa shape index (κ3) is 5.74. The van der Waals surface area contributed by atoms with Crippen molar-refractivity contribution in [1.29, 1.82) is 0 Å². The predicted octanol–water partition coefficient (Wildman–Crippen LogP) is 4.09. The quantitative estimate of drug-likeness (QED) is 0.332. The maximum atomic E-state index is 12.3. The summed E-state index contributed by atoms with van der Waals surface area (Å²) >= 11 is 3.65. The minimum absolute atomic E-state index is 0.0579. The average Bonchev–Trinajstić information content (AvgIpc) is 3.43. The van der Waals surface area contributed by atoms with Gasteiger partial charge < -0.3 is 30.6 Å². The molecular formula is C31H41BrN8O2. The second kappa shape index (κ2) is 12.2. The van der Waals surface area contributed by atoms with Crippen molar-refractivity contribution >= 4 is 44.4 Å². The van der Waals surface area contributed by atoms with E-state index >= 15 is 0 Å². The van der Waals surface area contributed by atoms with Gasteiger partial charge in [0.15, 0.2) is 5.65 Å². The molecule has 3 atom stereocenters. The van der Waals surface area contributed by atoms with Gasteiger partial charge in [0.25, 0.3) is 0 Å². The van der Waals surface area contributed by atoms with Gasteiger partial charge in [0, 0.05) is 69.3 Å². The van der Waals surface area contributed by atoms with E-state index in [2.05, 4.69) is 83.3 Å². The van der Waals surface area contributed by atoms with Gasteiger partial charge >= 0.3 is 0 Å². The van der Waals surface area contributed by atoms with Crippen LogP contribution in [0.5, 0.6) is 5.75 Å². The normalized spacial score (nSPS) is 24.3. The highest BCUT2D eigenvalue weighted by atomic mass is 79.9. The third-order valence-electron chi connectivity index (χ3n) is 9.29. The number of hydrogen-bond acceptors (Lipinski definition) is 8. The van der Waals surface area contributed by atoms with Crippen LogP contribution in [0.1, 0.15) is 26.2 Å². The lowest BCUT2D eigenvalue weighted by atomic mass is 9.80. The largest absolute Gasteiger partial charge is 0.496 e. The standard InChI is InChI=1S/C31H41BrN8O2/c1-19-5-4-6-24(26(19)29(33)41)35-27-23(32)18-34-31-28(27)36-30(37-31)22-8-7-21(17-25(22)42-3)39-11-9-20(10-12-39)40-15-13-38(2)14-16-40/h4-5,7-8,17-20,24,26H,6,9-16H2,1-3H3,(H2,33,41)(H2,34,35,36,37). The fourth-order valence-corrected chi connectivity index (χ4v) is 7.23. The number of piperidine rings is 1. The molecule has 6 rings (SSSR count). The second-order valence-corrected chi connectivity index (χ2v) is 12.8. The Morgan fingerprint density at radius 2 is 1.93 bits per heavy atom. The Kier molecular flexibility index (Phi) is 8.42. The summed E-state index contributed by atoms with van der Waals surface area (Å²) in [5.74, 6) is 0.888. The number of halogens is 1. The van der Waals surface area contributed by atoms with Crippen molar-refractivity contribution in [3.8, 4) is 17.1 Å². The number of rotatable bonds is 7. The van der Waals surface area contributed by atoms with Crippen LogP contribution in [0, 0.1) is 11.8 Å². The van der Waals surface area contributed by atoms with Crippen LogP contribution in [0.3, 0.4) is 0 Å². The summed E-state index contributed by atoms with van der Waals surface area (Å²) in [5, 5.41) is 3.57. The highest BCUT2D eigenvalue weighted by molar-refractivity contribution is 9.10. The van der Waals surface area contributed by atoms with E-state index in [0.717, 1.165) is 53.2 Å². The summed E-state index contributed by atoms with van der Waals surface area (Å²) in [6, 6.07) is 6.90. The molecule has 1 aromatic carbocycles. The first-order chi connectivity index (χ1) is 20.3. The van der Waals surface area contributed by atoms with Gasteiger partial charge in [-0.25, -0.2) is 9.97 Å². The van der Waals surface area contributed by atoms with Crippen LogP contribution in [0.4, 0.5) is 11.4 Å². The number of primary amides is 1. The van der Waals surface area contributed by atoms with Crippen LogP contribution < -0.4 is 20.7 Å². The first-order valence-electron chi connectivity index (χ1n) is 14.9. The predicted molar refractivity (Wildman–Crippen MR) is 171 cm³/mol. The number of ether oxygens (including phenoxy) is 1. The minimum Gasteiger partial charge on any atom is -0.496 e. The van der Waals surface area contributed by atoms with E-state index in [1.807, 2.05) is 6.92 Å². The Hall–Kier alpha value is -3.15. The molecule has 0 spiro atoms. The Labute approximate surface area is 255 Å². The molecule has 3 aromatic rings. The monoisotopic (exact) mass is 636 g/mol. The van der Waals surface area contributed by atoms with Gasteiger partial charge in [-0.05, 0) is 60.3 Å². The maximum Gasteiger partial charge on any atom is 0.223 e. The fraction of sp³-hybridized carbons (Fsp3) is 0.516. The summed E-state index contributed by atoms with van der Waals surface area (Å²) < 4.78 is 6.67. The van der Waals surface area contributed by atoms with E-state index in [0.29, 0.717) is 23.9 Å². The van der Waals surface area contributed by atoms with Crippen molar-refractivity contribution in [2.24, 2.45) is 17.6 Å². The number of likely N-dealkylation sites (N-methyl/N-ethyl adjacent to an activating group) is 1. The number of imidazole rings is 1. The molecule has 4 N–H and O–H groups in total. The van der Waals surface area contributed by atoms with Crippen LogP contribution in [-0.2, 0) is 4.79 Å². The van der Waals surface area contributed by atoms with E-state index < -0.39 is 0 Å². The van der Waals surface area contributed by atoms with Crippen molar-refractivity contribution in [2.75, 3.05) is 63.6 Å². The molecule has 1 aliphatic carbocycles. The Bertz CT molecular complexity index is 1460. The molecular weight excluding hydrogens is 596 g/mol. The van der Waals surface area contributed by atoms with Gasteiger partial charge in [-0.3, -0.25) is 9.69 Å². The first kappa shape index (κ1) is 28.9. The van der Waals surface area contributed by atoms with Crippen molar-refractivity contribution < 1.29 is 9.53 Å². The molecule has 10 nitrogen and oxygen atoms in total. The molecule has 2 aromatic heterocycles. The molecule has 0 radical (unpaired) electrons. The first-order valence-corrected chi connectivity index (χ1v) is 15.7. The molecule has 42 heavy (non-hydrogen) atoms. The number of methoxy groups -OCH3 is 1. The highest BCUT2D eigenvalue weighted by Crippen LogP contribution is 2.38. The van der Waals surface area contributed by atoms with E-state index in [9.17, 15) is 4.79 Å². The number of amides is 1. The van der Waals surface area contributed by atoms with Gasteiger partial charge in [0.1, 0.15) is 17.1 Å². The molecule has 3 aliphatic rings. The van der Waals surface area contributed by atoms with Gasteiger partial charge in [0.2, 0.25) is 5.91 Å². The van der Waals surface area contributed by atoms with Crippen LogP contribution in [0.2, 0.25) is 0 Å². The number of nitrogens with zero attached hydrogens (tertiary/aromatic N) is 5. The maximum absolute atomic E-state index is 12.3. The van der Waals surface area contributed by atoms with Crippen molar-refractivity contribution in [3.63, 3.8) is 0 Å². The number of carbonyl (C=O) groups is 1. The number of piperazine rings is 1. The lowest BCUT2D eigenvalue weighted by Gasteiger charge is -2.42. The number of carbonyl (C=O) groups excluding carboxylic acids is 1. The molecule has 1 amide bonds. The van der Waals surface area contributed by atoms with Crippen LogP contribution in [0.25, 0.3) is 22.6 Å². The Morgan fingerprint density at radius 1 is 1.17 bits per heavy atom. The molecule has 4 heterocycles. The molecule has 2 fully saturated rings. The number of H-pyrrole nitrogens is 1. The fourth-order valence-electron chi connectivity index (χ4n) is 6.81. The molecule has 2 saturated heterocycles. The molecule has 3 unspecified atom stereocenters. The van der Waals surface area contributed by atoms with Crippen molar-refractivity contribution in [1.82, 2.24) is 24.8 Å². The number of nitrogens with one attached hydrogen (secondary N) is 2.